The van der Waals surface area contributed by atoms with Crippen LogP contribution in [-0.4, -0.2) is 17.4 Å². The number of alkyl halides is 1. The maximum Gasteiger partial charge on any atom is 0.178 e. The Balaban J connectivity index is 1.77. The fourth-order valence-electron chi connectivity index (χ4n) is 6.25. The maximum atomic E-state index is 12.8. The molecule has 2 nitrogen and oxygen atoms in total. The van der Waals surface area contributed by atoms with Crippen LogP contribution in [0.1, 0.15) is 50.5 Å². The highest BCUT2D eigenvalue weighted by Gasteiger charge is 2.58. The van der Waals surface area contributed by atoms with Crippen LogP contribution in [0.4, 0.5) is 0 Å². The monoisotopic (exact) mass is 361 g/mol. The van der Waals surface area contributed by atoms with E-state index in [0.717, 1.165) is 18.4 Å². The minimum atomic E-state index is -2.16. The van der Waals surface area contributed by atoms with E-state index in [0.29, 0.717) is 12.8 Å². The van der Waals surface area contributed by atoms with Crippen molar-refractivity contribution < 1.29 is 13.7 Å². The van der Waals surface area contributed by atoms with Crippen LogP contribution in [-0.2, 0) is 9.59 Å². The predicted molar refractivity (Wildman–Crippen MR) is 100 cm³/mol. The van der Waals surface area contributed by atoms with Gasteiger partial charge in [-0.1, -0.05) is 37.1 Å². The second-order valence-electron chi connectivity index (χ2n) is 8.65. The van der Waals surface area contributed by atoms with Gasteiger partial charge in [0, 0.05) is 15.4 Å². The molecule has 4 aliphatic rings. The molecule has 0 N–H and O–H groups in total. The van der Waals surface area contributed by atoms with Crippen molar-refractivity contribution in [1.82, 2.24) is 0 Å². The number of carbonyl (C=O) groups is 2. The molecule has 0 unspecified atom stereocenters. The van der Waals surface area contributed by atoms with E-state index < -0.39 is 18.7 Å². The molecular weight excluding hydrogens is 332 g/mol. The molecule has 134 valence electrons. The summed E-state index contributed by atoms with van der Waals surface area (Å²) in [5, 5.41) is 0. The molecule has 4 rings (SSSR count). The molecule has 0 bridgehead atoms. The van der Waals surface area contributed by atoms with Crippen molar-refractivity contribution in [1.29, 1.82) is 0 Å². The molecule has 0 heterocycles. The van der Waals surface area contributed by atoms with Gasteiger partial charge in [0.05, 0.1) is 5.88 Å². The van der Waals surface area contributed by atoms with Crippen LogP contribution < -0.4 is 0 Å². The van der Waals surface area contributed by atoms with E-state index in [1.54, 1.807) is 12.2 Å². The molecule has 0 radical (unpaired) electrons. The van der Waals surface area contributed by atoms with E-state index >= 15 is 0 Å². The van der Waals surface area contributed by atoms with Gasteiger partial charge < -0.3 is 0 Å². The number of ketones is 2. The van der Waals surface area contributed by atoms with E-state index in [-0.39, 0.29) is 40.1 Å². The van der Waals surface area contributed by atoms with E-state index in [1.807, 2.05) is 6.08 Å². The van der Waals surface area contributed by atoms with E-state index in [1.165, 1.54) is 5.57 Å². The van der Waals surface area contributed by atoms with Gasteiger partial charge in [0.1, 0.15) is 0 Å². The fraction of sp³-hybridized carbons (Fsp3) is 0.636. The maximum absolute atomic E-state index is 12.8. The van der Waals surface area contributed by atoms with Crippen LogP contribution in [0.2, 0.25) is 0 Å². The number of Topliss-reactive ketones (excluding diaryl/α,β-unsaturated/α-hetero) is 1. The first kappa shape index (κ1) is 14.0. The second-order valence-corrected chi connectivity index (χ2v) is 8.92. The van der Waals surface area contributed by atoms with Crippen molar-refractivity contribution in [2.45, 2.75) is 46.4 Å². The zero-order valence-corrected chi connectivity index (χ0v) is 15.6. The number of rotatable bonds is 2. The van der Waals surface area contributed by atoms with Gasteiger partial charge in [-0.15, -0.1) is 11.6 Å². The summed E-state index contributed by atoms with van der Waals surface area (Å²) < 4.78 is 24.2. The zero-order valence-electron chi connectivity index (χ0n) is 17.8. The number of fused-ring (bicyclic) bond motifs is 5. The Morgan fingerprint density at radius 3 is 2.96 bits per heavy atom. The molecule has 0 saturated heterocycles. The molecule has 25 heavy (non-hydrogen) atoms. The minimum Gasteiger partial charge on any atom is -0.298 e. The summed E-state index contributed by atoms with van der Waals surface area (Å²) in [7, 11) is 0. The molecule has 0 aliphatic heterocycles. The third-order valence-corrected chi connectivity index (χ3v) is 7.75. The quantitative estimate of drug-likeness (QED) is 0.518. The Hall–Kier alpha value is -1.15. The normalized spacial score (nSPS) is 47.5. The van der Waals surface area contributed by atoms with Crippen molar-refractivity contribution in [2.75, 3.05) is 5.88 Å². The Morgan fingerprint density at radius 1 is 1.44 bits per heavy atom. The van der Waals surface area contributed by atoms with Crippen molar-refractivity contribution in [2.24, 2.45) is 34.5 Å². The Kier molecular flexibility index (Phi) is 3.17. The second kappa shape index (κ2) is 5.67. The molecule has 2 fully saturated rings. The fourth-order valence-corrected chi connectivity index (χ4v) is 6.41. The first-order chi connectivity index (χ1) is 13.0. The highest BCUT2D eigenvalue weighted by molar-refractivity contribution is 6.28. The molecule has 0 spiro atoms. The largest absolute Gasteiger partial charge is 0.298 e. The van der Waals surface area contributed by atoms with Crippen molar-refractivity contribution in [3.05, 3.63) is 35.5 Å². The smallest absolute Gasteiger partial charge is 0.178 e. The van der Waals surface area contributed by atoms with Gasteiger partial charge >= 0.3 is 0 Å². The SMILES string of the molecule is [2H]C([2H])([2H])[C@@H]1C[C@H]2[C@@H]3CCC4=CC(=O)C=C[C@]4(C)C3=CC[C@]2(C)[C@H]1C(=O)CCl. The molecule has 4 aliphatic carbocycles. The topological polar surface area (TPSA) is 34.1 Å². The lowest BCUT2D eigenvalue weighted by molar-refractivity contribution is -0.125. The zero-order chi connectivity index (χ0) is 20.5. The summed E-state index contributed by atoms with van der Waals surface area (Å²) >= 11 is 5.91. The average molecular weight is 362 g/mol. The van der Waals surface area contributed by atoms with Gasteiger partial charge in [-0.25, -0.2) is 0 Å². The summed E-state index contributed by atoms with van der Waals surface area (Å²) in [4.78, 5) is 24.6. The molecule has 2 saturated carbocycles. The number of hydrogen-bond acceptors (Lipinski definition) is 2. The molecular formula is C22H27ClO2. The lowest BCUT2D eigenvalue weighted by Gasteiger charge is -2.52. The summed E-state index contributed by atoms with van der Waals surface area (Å²) in [6.45, 7) is 2.10. The standard InChI is InChI=1S/C22H27ClO2/c1-13-10-18-16-5-4-14-11-15(24)6-8-21(14,2)17(16)7-9-22(18,3)20(13)19(25)12-23/h6-8,11,13,16,18,20H,4-5,9-10,12H2,1-3H3/t13-,16-,18+,20-,21+,22+/m1/s1/i1D3. The molecule has 0 aromatic carbocycles. The molecule has 0 aromatic rings. The third-order valence-electron chi connectivity index (χ3n) is 7.48. The van der Waals surface area contributed by atoms with E-state index in [2.05, 4.69) is 19.9 Å². The van der Waals surface area contributed by atoms with Crippen LogP contribution in [0.3, 0.4) is 0 Å². The Labute approximate surface area is 159 Å². The van der Waals surface area contributed by atoms with Crippen molar-refractivity contribution in [3.8, 4) is 0 Å². The molecule has 0 amide bonds. The molecule has 0 aromatic heterocycles. The van der Waals surface area contributed by atoms with Gasteiger partial charge in [0.25, 0.3) is 0 Å². The Morgan fingerprint density at radius 2 is 2.24 bits per heavy atom. The van der Waals surface area contributed by atoms with Gasteiger partial charge in [-0.3, -0.25) is 9.59 Å². The van der Waals surface area contributed by atoms with Gasteiger partial charge in [0.2, 0.25) is 0 Å². The van der Waals surface area contributed by atoms with Gasteiger partial charge in [-0.2, -0.15) is 0 Å². The van der Waals surface area contributed by atoms with E-state index in [4.69, 9.17) is 15.7 Å². The van der Waals surface area contributed by atoms with Crippen molar-refractivity contribution >= 4 is 23.2 Å². The lowest BCUT2D eigenvalue weighted by atomic mass is 9.52. The molecule has 6 atom stereocenters. The first-order valence-electron chi connectivity index (χ1n) is 10.8. The number of hydrogen-bond donors (Lipinski definition) is 0. The van der Waals surface area contributed by atoms with Crippen molar-refractivity contribution in [3.63, 3.8) is 0 Å². The third kappa shape index (κ3) is 2.29. The van der Waals surface area contributed by atoms with Gasteiger partial charge in [0.15, 0.2) is 11.6 Å². The van der Waals surface area contributed by atoms with Crippen LogP contribution in [0.15, 0.2) is 35.5 Å². The highest BCUT2D eigenvalue weighted by Crippen LogP contribution is 2.65. The predicted octanol–water partition coefficient (Wildman–Crippen LogP) is 4.88. The Bertz CT molecular complexity index is 824. The summed E-state index contributed by atoms with van der Waals surface area (Å²) in [6.07, 6.45) is 10.7. The summed E-state index contributed by atoms with van der Waals surface area (Å²) in [6, 6.07) is 0. The van der Waals surface area contributed by atoms with Crippen LogP contribution in [0, 0.1) is 34.5 Å². The van der Waals surface area contributed by atoms with Gasteiger partial charge in [-0.05, 0) is 67.9 Å². The number of carbonyl (C=O) groups excluding carboxylic acids is 2. The highest BCUT2D eigenvalue weighted by atomic mass is 35.5. The summed E-state index contributed by atoms with van der Waals surface area (Å²) in [5.41, 5.74) is 1.83. The van der Waals surface area contributed by atoms with Crippen LogP contribution in [0.25, 0.3) is 0 Å². The van der Waals surface area contributed by atoms with E-state index in [9.17, 15) is 9.59 Å². The van der Waals surface area contributed by atoms with Crippen LogP contribution >= 0.6 is 11.6 Å². The minimum absolute atomic E-state index is 0.0447. The number of halogens is 1. The molecule has 3 heteroatoms. The average Bonchev–Trinajstić information content (AvgIpc) is 2.95. The first-order valence-corrected chi connectivity index (χ1v) is 9.79. The van der Waals surface area contributed by atoms with Crippen LogP contribution in [0.5, 0.6) is 0 Å². The lowest BCUT2D eigenvalue weighted by Crippen LogP contribution is -2.45. The number of allylic oxidation sites excluding steroid dienone is 6. The summed E-state index contributed by atoms with van der Waals surface area (Å²) in [5.74, 6) is -0.964.